The van der Waals surface area contributed by atoms with Crippen molar-refractivity contribution in [3.63, 3.8) is 0 Å². The molecule has 4 heterocycles. The maximum absolute atomic E-state index is 13.5. The maximum atomic E-state index is 13.5. The van der Waals surface area contributed by atoms with Gasteiger partial charge in [0.15, 0.2) is 0 Å². The van der Waals surface area contributed by atoms with Gasteiger partial charge < -0.3 is 4.90 Å². The molecular formula is C22H26N4O2S2. The molecule has 2 aliphatic heterocycles. The van der Waals surface area contributed by atoms with Crippen LogP contribution in [0.5, 0.6) is 0 Å². The molecule has 2 aromatic rings. The zero-order valence-corrected chi connectivity index (χ0v) is 19.2. The van der Waals surface area contributed by atoms with Crippen LogP contribution in [0.3, 0.4) is 0 Å². The van der Waals surface area contributed by atoms with Gasteiger partial charge in [-0.15, -0.1) is 0 Å². The molecule has 0 atom stereocenters. The predicted molar refractivity (Wildman–Crippen MR) is 127 cm³/mol. The molecule has 2 aromatic heterocycles. The summed E-state index contributed by atoms with van der Waals surface area (Å²) >= 11 is 6.66. The molecule has 0 unspecified atom stereocenters. The smallest absolute Gasteiger partial charge is 0.267 e. The van der Waals surface area contributed by atoms with Gasteiger partial charge in [-0.05, 0) is 49.8 Å². The number of anilines is 1. The van der Waals surface area contributed by atoms with Crippen LogP contribution in [0.1, 0.15) is 44.2 Å². The van der Waals surface area contributed by atoms with Crippen LogP contribution >= 0.6 is 24.0 Å². The van der Waals surface area contributed by atoms with E-state index in [1.54, 1.807) is 21.6 Å². The van der Waals surface area contributed by atoms with Gasteiger partial charge in [0.2, 0.25) is 0 Å². The summed E-state index contributed by atoms with van der Waals surface area (Å²) in [6.45, 7) is 8.51. The van der Waals surface area contributed by atoms with Gasteiger partial charge in [0.25, 0.3) is 11.5 Å². The lowest BCUT2D eigenvalue weighted by atomic mass is 9.99. The zero-order chi connectivity index (χ0) is 21.4. The van der Waals surface area contributed by atoms with E-state index in [1.807, 2.05) is 26.0 Å². The molecule has 0 spiro atoms. The fourth-order valence-corrected chi connectivity index (χ4v) is 5.17. The fraction of sp³-hybridized carbons (Fsp3) is 0.455. The third kappa shape index (κ3) is 3.90. The zero-order valence-electron chi connectivity index (χ0n) is 17.6. The minimum atomic E-state index is -0.155. The normalized spacial score (nSPS) is 19.5. The molecule has 2 aliphatic rings. The first-order chi connectivity index (χ1) is 14.4. The van der Waals surface area contributed by atoms with Crippen molar-refractivity contribution in [1.29, 1.82) is 0 Å². The fourth-order valence-electron chi connectivity index (χ4n) is 3.88. The number of thiocarbonyl (C=S) groups is 1. The van der Waals surface area contributed by atoms with Gasteiger partial charge in [-0.25, -0.2) is 4.98 Å². The lowest BCUT2D eigenvalue weighted by Gasteiger charge is -2.32. The monoisotopic (exact) mass is 442 g/mol. The predicted octanol–water partition coefficient (Wildman–Crippen LogP) is 3.85. The Morgan fingerprint density at radius 3 is 2.70 bits per heavy atom. The number of amides is 1. The summed E-state index contributed by atoms with van der Waals surface area (Å²) in [6, 6.07) is 3.83. The summed E-state index contributed by atoms with van der Waals surface area (Å²) in [5.41, 5.74) is 1.91. The molecule has 0 N–H and O–H groups in total. The quantitative estimate of drug-likeness (QED) is 0.530. The van der Waals surface area contributed by atoms with Crippen LogP contribution in [-0.2, 0) is 4.79 Å². The number of rotatable bonds is 4. The Kier molecular flexibility index (Phi) is 5.97. The average Bonchev–Trinajstić information content (AvgIpc) is 2.99. The molecule has 0 aromatic carbocycles. The number of fused-ring (bicyclic) bond motifs is 1. The van der Waals surface area contributed by atoms with Gasteiger partial charge in [0.05, 0.1) is 10.5 Å². The molecule has 2 fully saturated rings. The van der Waals surface area contributed by atoms with Crippen LogP contribution in [0.2, 0.25) is 0 Å². The van der Waals surface area contributed by atoms with Gasteiger partial charge in [0.1, 0.15) is 15.8 Å². The molecule has 0 radical (unpaired) electrons. The minimum absolute atomic E-state index is 0.126. The number of aromatic nitrogens is 2. The van der Waals surface area contributed by atoms with Gasteiger partial charge in [0, 0.05) is 25.8 Å². The number of nitrogens with zero attached hydrogens (tertiary/aromatic N) is 4. The molecule has 6 nitrogen and oxygen atoms in total. The van der Waals surface area contributed by atoms with Gasteiger partial charge in [-0.1, -0.05) is 43.9 Å². The average molecular weight is 443 g/mol. The number of pyridine rings is 1. The van der Waals surface area contributed by atoms with Crippen molar-refractivity contribution in [2.75, 3.05) is 24.5 Å². The van der Waals surface area contributed by atoms with E-state index in [2.05, 4.69) is 11.8 Å². The highest BCUT2D eigenvalue weighted by molar-refractivity contribution is 8.26. The minimum Gasteiger partial charge on any atom is -0.356 e. The third-order valence-corrected chi connectivity index (χ3v) is 7.04. The molecule has 0 saturated carbocycles. The van der Waals surface area contributed by atoms with Gasteiger partial charge in [-0.3, -0.25) is 18.9 Å². The summed E-state index contributed by atoms with van der Waals surface area (Å²) in [5, 5.41) is 0. The highest BCUT2D eigenvalue weighted by Gasteiger charge is 2.32. The number of piperidine rings is 1. The van der Waals surface area contributed by atoms with Crippen molar-refractivity contribution in [3.8, 4) is 0 Å². The number of aryl methyl sites for hydroxylation is 1. The summed E-state index contributed by atoms with van der Waals surface area (Å²) in [7, 11) is 0. The number of carbonyl (C=O) groups excluding carboxylic acids is 1. The lowest BCUT2D eigenvalue weighted by Crippen LogP contribution is -2.36. The second kappa shape index (κ2) is 8.51. The summed E-state index contributed by atoms with van der Waals surface area (Å²) in [6.07, 6.45) is 6.45. The van der Waals surface area contributed by atoms with E-state index < -0.39 is 0 Å². The van der Waals surface area contributed by atoms with Crippen molar-refractivity contribution < 1.29 is 4.79 Å². The largest absolute Gasteiger partial charge is 0.356 e. The van der Waals surface area contributed by atoms with E-state index in [4.69, 9.17) is 17.2 Å². The highest BCUT2D eigenvalue weighted by Crippen LogP contribution is 2.34. The number of thioether (sulfide) groups is 1. The van der Waals surface area contributed by atoms with Crippen LogP contribution in [0.4, 0.5) is 5.82 Å². The Morgan fingerprint density at radius 2 is 2.00 bits per heavy atom. The SMILES string of the molecule is CCCN1C(=O)/C(=C/c2c(N3CCC(C)CC3)nc3ccc(C)cn3c2=O)SC1=S. The van der Waals surface area contributed by atoms with Crippen LogP contribution in [0.15, 0.2) is 28.0 Å². The molecule has 2 saturated heterocycles. The van der Waals surface area contributed by atoms with E-state index in [0.29, 0.717) is 38.7 Å². The molecule has 1 amide bonds. The van der Waals surface area contributed by atoms with E-state index in [9.17, 15) is 9.59 Å². The Hall–Kier alpha value is -2.19. The van der Waals surface area contributed by atoms with Crippen molar-refractivity contribution >= 4 is 51.7 Å². The van der Waals surface area contributed by atoms with Crippen molar-refractivity contribution in [2.24, 2.45) is 5.92 Å². The third-order valence-electron chi connectivity index (χ3n) is 5.66. The molecule has 8 heteroatoms. The van der Waals surface area contributed by atoms with Gasteiger partial charge in [-0.2, -0.15) is 0 Å². The van der Waals surface area contributed by atoms with E-state index >= 15 is 0 Å². The second-order valence-corrected chi connectivity index (χ2v) is 9.77. The van der Waals surface area contributed by atoms with Crippen LogP contribution in [0.25, 0.3) is 11.7 Å². The van der Waals surface area contributed by atoms with Crippen LogP contribution in [0, 0.1) is 12.8 Å². The van der Waals surface area contributed by atoms with Crippen LogP contribution < -0.4 is 10.5 Å². The second-order valence-electron chi connectivity index (χ2n) is 8.09. The number of hydrogen-bond donors (Lipinski definition) is 0. The number of carbonyl (C=O) groups is 1. The molecule has 30 heavy (non-hydrogen) atoms. The maximum Gasteiger partial charge on any atom is 0.267 e. The van der Waals surface area contributed by atoms with Crippen LogP contribution in [-0.4, -0.2) is 44.1 Å². The van der Waals surface area contributed by atoms with Crippen molar-refractivity contribution in [3.05, 3.63) is 44.7 Å². The topological polar surface area (TPSA) is 57.9 Å². The molecule has 0 aliphatic carbocycles. The lowest BCUT2D eigenvalue weighted by molar-refractivity contribution is -0.122. The Bertz CT molecular complexity index is 1100. The first-order valence-corrected chi connectivity index (χ1v) is 11.6. The highest BCUT2D eigenvalue weighted by atomic mass is 32.2. The van der Waals surface area contributed by atoms with Gasteiger partial charge >= 0.3 is 0 Å². The van der Waals surface area contributed by atoms with E-state index in [0.717, 1.165) is 37.9 Å². The Morgan fingerprint density at radius 1 is 1.27 bits per heavy atom. The molecule has 4 rings (SSSR count). The Balaban J connectivity index is 1.86. The number of hydrogen-bond acceptors (Lipinski definition) is 6. The summed E-state index contributed by atoms with van der Waals surface area (Å²) < 4.78 is 2.12. The van der Waals surface area contributed by atoms with Crippen molar-refractivity contribution in [1.82, 2.24) is 14.3 Å². The standard InChI is InChI=1S/C22H26N4O2S2/c1-4-9-25-21(28)17(30-22(25)29)12-16-19(24-10-7-14(2)8-11-24)23-18-6-5-15(3)13-26(18)20(16)27/h5-6,12-14H,4,7-11H2,1-3H3/b17-12-. The first kappa shape index (κ1) is 21.1. The molecular weight excluding hydrogens is 416 g/mol. The molecule has 158 valence electrons. The summed E-state index contributed by atoms with van der Waals surface area (Å²) in [5.74, 6) is 1.20. The van der Waals surface area contributed by atoms with E-state index in [1.165, 1.54) is 11.8 Å². The van der Waals surface area contributed by atoms with E-state index in [-0.39, 0.29) is 11.5 Å². The summed E-state index contributed by atoms with van der Waals surface area (Å²) in [4.78, 5) is 35.5. The Labute approximate surface area is 186 Å². The van der Waals surface area contributed by atoms with Crippen molar-refractivity contribution in [2.45, 2.75) is 40.0 Å². The first-order valence-electron chi connectivity index (χ1n) is 10.4. The molecule has 0 bridgehead atoms.